The van der Waals surface area contributed by atoms with Crippen LogP contribution in [0.15, 0.2) is 0 Å². The molecule has 2 unspecified atom stereocenters. The van der Waals surface area contributed by atoms with Gasteiger partial charge in [0.25, 0.3) is 0 Å². The summed E-state index contributed by atoms with van der Waals surface area (Å²) in [5, 5.41) is 8.86. The number of hydrogen-bond acceptors (Lipinski definition) is 3. The molecule has 2 saturated heterocycles. The second-order valence-electron chi connectivity index (χ2n) is 6.64. The molecule has 0 radical (unpaired) electrons. The first-order valence-corrected chi connectivity index (χ1v) is 7.93. The number of nitrogens with zero attached hydrogens (tertiary/aromatic N) is 3. The molecule has 2 aliphatic heterocycles. The van der Waals surface area contributed by atoms with Crippen molar-refractivity contribution in [2.45, 2.75) is 26.7 Å². The van der Waals surface area contributed by atoms with E-state index >= 15 is 0 Å². The molecule has 21 heavy (non-hydrogen) atoms. The summed E-state index contributed by atoms with van der Waals surface area (Å²) < 4.78 is 0. The van der Waals surface area contributed by atoms with Gasteiger partial charge in [0.2, 0.25) is 0 Å². The van der Waals surface area contributed by atoms with Crippen LogP contribution in [-0.4, -0.2) is 77.6 Å². The monoisotopic (exact) mass is 297 g/mol. The second kappa shape index (κ2) is 7.11. The van der Waals surface area contributed by atoms with Gasteiger partial charge in [-0.25, -0.2) is 4.79 Å². The van der Waals surface area contributed by atoms with E-state index in [4.69, 9.17) is 5.11 Å². The van der Waals surface area contributed by atoms with Gasteiger partial charge in [0, 0.05) is 39.3 Å². The van der Waals surface area contributed by atoms with Gasteiger partial charge in [0.15, 0.2) is 0 Å². The van der Waals surface area contributed by atoms with Crippen molar-refractivity contribution in [2.75, 3.05) is 45.8 Å². The third-order valence-corrected chi connectivity index (χ3v) is 4.36. The number of carbonyl (C=O) groups excluding carboxylic acids is 1. The van der Waals surface area contributed by atoms with Gasteiger partial charge < -0.3 is 14.9 Å². The average Bonchev–Trinajstić information content (AvgIpc) is 2.61. The number of hydrogen-bond donors (Lipinski definition) is 1. The molecule has 2 rings (SSSR count). The van der Waals surface area contributed by atoms with E-state index in [1.165, 1.54) is 6.42 Å². The van der Waals surface area contributed by atoms with Crippen molar-refractivity contribution >= 4 is 12.0 Å². The summed E-state index contributed by atoms with van der Waals surface area (Å²) in [5.74, 6) is 0.329. The Morgan fingerprint density at radius 2 is 1.67 bits per heavy atom. The number of rotatable bonds is 2. The summed E-state index contributed by atoms with van der Waals surface area (Å²) in [7, 11) is 0. The van der Waals surface area contributed by atoms with E-state index < -0.39 is 5.97 Å². The molecule has 0 aromatic carbocycles. The quantitative estimate of drug-likeness (QED) is 0.831. The molecule has 2 heterocycles. The summed E-state index contributed by atoms with van der Waals surface area (Å²) in [6.07, 6.45) is 2.04. The van der Waals surface area contributed by atoms with Crippen molar-refractivity contribution in [3.8, 4) is 0 Å². The molecule has 0 aromatic heterocycles. The van der Waals surface area contributed by atoms with Gasteiger partial charge in [-0.05, 0) is 24.7 Å². The Balaban J connectivity index is 1.89. The minimum atomic E-state index is -0.798. The number of likely N-dealkylation sites (tertiary alicyclic amines) is 1. The summed E-state index contributed by atoms with van der Waals surface area (Å²) in [5.41, 5.74) is 0. The zero-order valence-electron chi connectivity index (χ0n) is 13.1. The molecule has 2 atom stereocenters. The van der Waals surface area contributed by atoms with Crippen molar-refractivity contribution in [3.63, 3.8) is 0 Å². The van der Waals surface area contributed by atoms with E-state index in [1.54, 1.807) is 0 Å². The van der Waals surface area contributed by atoms with Crippen molar-refractivity contribution in [1.29, 1.82) is 0 Å². The highest BCUT2D eigenvalue weighted by molar-refractivity contribution is 5.74. The summed E-state index contributed by atoms with van der Waals surface area (Å²) in [4.78, 5) is 29.2. The van der Waals surface area contributed by atoms with Crippen LogP contribution >= 0.6 is 0 Å². The van der Waals surface area contributed by atoms with Gasteiger partial charge in [-0.1, -0.05) is 13.8 Å². The number of carboxylic acids is 1. The van der Waals surface area contributed by atoms with Crippen LogP contribution in [0, 0.1) is 11.8 Å². The van der Waals surface area contributed by atoms with Crippen LogP contribution in [0.1, 0.15) is 26.7 Å². The molecule has 2 amide bonds. The molecule has 0 saturated carbocycles. The Morgan fingerprint density at radius 1 is 1.00 bits per heavy atom. The summed E-state index contributed by atoms with van der Waals surface area (Å²) in [6, 6.07) is 0.130. The van der Waals surface area contributed by atoms with E-state index in [0.29, 0.717) is 24.9 Å². The van der Waals surface area contributed by atoms with Crippen LogP contribution in [-0.2, 0) is 4.79 Å². The number of aliphatic carboxylic acids is 1. The zero-order valence-corrected chi connectivity index (χ0v) is 13.1. The number of urea groups is 1. The fourth-order valence-corrected chi connectivity index (χ4v) is 3.53. The molecule has 6 heteroatoms. The molecule has 1 N–H and O–H groups in total. The van der Waals surface area contributed by atoms with Gasteiger partial charge in [0.1, 0.15) is 0 Å². The van der Waals surface area contributed by atoms with E-state index in [-0.39, 0.29) is 12.6 Å². The maximum atomic E-state index is 12.6. The summed E-state index contributed by atoms with van der Waals surface area (Å²) in [6.45, 7) is 8.93. The minimum absolute atomic E-state index is 0.0693. The predicted molar refractivity (Wildman–Crippen MR) is 80.2 cm³/mol. The maximum absolute atomic E-state index is 12.6. The largest absolute Gasteiger partial charge is 0.480 e. The highest BCUT2D eigenvalue weighted by atomic mass is 16.4. The van der Waals surface area contributed by atoms with Gasteiger partial charge in [0.05, 0.1) is 6.54 Å². The van der Waals surface area contributed by atoms with Crippen molar-refractivity contribution in [2.24, 2.45) is 11.8 Å². The predicted octanol–water partition coefficient (Wildman–Crippen LogP) is 1.18. The van der Waals surface area contributed by atoms with Gasteiger partial charge in [-0.15, -0.1) is 0 Å². The van der Waals surface area contributed by atoms with E-state index in [0.717, 1.165) is 32.6 Å². The molecular formula is C15H27N3O3. The summed E-state index contributed by atoms with van der Waals surface area (Å²) >= 11 is 0. The van der Waals surface area contributed by atoms with Gasteiger partial charge >= 0.3 is 12.0 Å². The van der Waals surface area contributed by atoms with E-state index in [1.807, 2.05) is 14.7 Å². The molecule has 0 aromatic rings. The molecular weight excluding hydrogens is 270 g/mol. The van der Waals surface area contributed by atoms with Crippen LogP contribution in [0.3, 0.4) is 0 Å². The van der Waals surface area contributed by atoms with Crippen LogP contribution in [0.5, 0.6) is 0 Å². The topological polar surface area (TPSA) is 64.1 Å². The molecule has 2 fully saturated rings. The highest BCUT2D eigenvalue weighted by Crippen LogP contribution is 2.22. The Morgan fingerprint density at radius 3 is 2.29 bits per heavy atom. The standard InChI is InChI=1S/C15H27N3O3/c1-12-8-13(2)10-18(9-12)15(21)17-5-3-4-16(6-7-17)11-14(19)20/h12-13H,3-11H2,1-2H3,(H,19,20). The highest BCUT2D eigenvalue weighted by Gasteiger charge is 2.29. The first kappa shape index (κ1) is 16.1. The van der Waals surface area contributed by atoms with Crippen molar-refractivity contribution in [3.05, 3.63) is 0 Å². The Hall–Kier alpha value is -1.30. The van der Waals surface area contributed by atoms with E-state index in [2.05, 4.69) is 13.8 Å². The fourth-order valence-electron chi connectivity index (χ4n) is 3.53. The number of piperidine rings is 1. The lowest BCUT2D eigenvalue weighted by molar-refractivity contribution is -0.138. The van der Waals surface area contributed by atoms with Gasteiger partial charge in [-0.3, -0.25) is 9.69 Å². The first-order chi connectivity index (χ1) is 9.95. The molecule has 2 aliphatic rings. The van der Waals surface area contributed by atoms with Crippen molar-refractivity contribution < 1.29 is 14.7 Å². The average molecular weight is 297 g/mol. The SMILES string of the molecule is CC1CC(C)CN(C(=O)N2CCCN(CC(=O)O)CC2)C1. The van der Waals surface area contributed by atoms with Crippen LogP contribution in [0.2, 0.25) is 0 Å². The zero-order chi connectivity index (χ0) is 15.4. The first-order valence-electron chi connectivity index (χ1n) is 7.93. The Labute approximate surface area is 126 Å². The Kier molecular flexibility index (Phi) is 5.45. The number of carbonyl (C=O) groups is 2. The lowest BCUT2D eigenvalue weighted by Crippen LogP contribution is -2.50. The fraction of sp³-hybridized carbons (Fsp3) is 0.867. The molecule has 0 aliphatic carbocycles. The lowest BCUT2D eigenvalue weighted by Gasteiger charge is -2.38. The molecule has 0 spiro atoms. The van der Waals surface area contributed by atoms with E-state index in [9.17, 15) is 9.59 Å². The minimum Gasteiger partial charge on any atom is -0.480 e. The maximum Gasteiger partial charge on any atom is 0.320 e. The molecule has 0 bridgehead atoms. The number of amides is 2. The third-order valence-electron chi connectivity index (χ3n) is 4.36. The third kappa shape index (κ3) is 4.59. The van der Waals surface area contributed by atoms with Crippen LogP contribution < -0.4 is 0 Å². The van der Waals surface area contributed by atoms with Gasteiger partial charge in [-0.2, -0.15) is 0 Å². The second-order valence-corrected chi connectivity index (χ2v) is 6.64. The van der Waals surface area contributed by atoms with Crippen molar-refractivity contribution in [1.82, 2.24) is 14.7 Å². The Bertz CT molecular complexity index is 378. The number of carboxylic acid groups (broad SMARTS) is 1. The smallest absolute Gasteiger partial charge is 0.320 e. The van der Waals surface area contributed by atoms with Crippen LogP contribution in [0.4, 0.5) is 4.79 Å². The molecule has 120 valence electrons. The lowest BCUT2D eigenvalue weighted by atomic mass is 9.92. The molecule has 6 nitrogen and oxygen atoms in total. The van der Waals surface area contributed by atoms with Crippen LogP contribution in [0.25, 0.3) is 0 Å². The normalized spacial score (nSPS) is 28.3.